The van der Waals surface area contributed by atoms with Crippen LogP contribution in [0.15, 0.2) is 24.3 Å². The van der Waals surface area contributed by atoms with Crippen molar-refractivity contribution in [2.45, 2.75) is 64.5 Å². The number of ether oxygens (including phenoxy) is 1. The molecule has 1 aromatic heterocycles. The number of fused-ring (bicyclic) bond motifs is 2. The fourth-order valence-electron chi connectivity index (χ4n) is 4.87. The predicted molar refractivity (Wildman–Crippen MR) is 133 cm³/mol. The third-order valence-electron chi connectivity index (χ3n) is 7.14. The minimum atomic E-state index is -0.923. The maximum absolute atomic E-state index is 13.5. The Bertz CT molecular complexity index is 1230. The molecule has 1 unspecified atom stereocenters. The van der Waals surface area contributed by atoms with Crippen molar-refractivity contribution in [3.63, 3.8) is 0 Å². The number of rotatable bonds is 6. The number of ketones is 1. The van der Waals surface area contributed by atoms with Crippen LogP contribution in [0.1, 0.15) is 79.3 Å². The molecule has 0 saturated heterocycles. The number of carboxylic acid groups (broad SMARTS) is 1. The number of aliphatic carboxylic acids is 1. The first-order valence-corrected chi connectivity index (χ1v) is 12.2. The molecule has 3 heterocycles. The van der Waals surface area contributed by atoms with Gasteiger partial charge in [0, 0.05) is 34.8 Å². The van der Waals surface area contributed by atoms with Gasteiger partial charge < -0.3 is 19.6 Å². The summed E-state index contributed by atoms with van der Waals surface area (Å²) in [6.45, 7) is 9.17. The highest BCUT2D eigenvalue weighted by molar-refractivity contribution is 6.05. The maximum atomic E-state index is 13.5. The molecule has 0 bridgehead atoms. The van der Waals surface area contributed by atoms with Crippen LogP contribution >= 0.6 is 0 Å². The quantitative estimate of drug-likeness (QED) is 0.608. The van der Waals surface area contributed by atoms with E-state index in [1.54, 1.807) is 22.8 Å². The van der Waals surface area contributed by atoms with Crippen LogP contribution < -0.4 is 9.64 Å². The van der Waals surface area contributed by atoms with Crippen LogP contribution in [0.3, 0.4) is 0 Å². The van der Waals surface area contributed by atoms with Gasteiger partial charge >= 0.3 is 5.97 Å². The van der Waals surface area contributed by atoms with Gasteiger partial charge in [0.05, 0.1) is 18.8 Å². The number of hydrogen-bond donors (Lipinski definition) is 2. The van der Waals surface area contributed by atoms with E-state index in [1.165, 1.54) is 0 Å². The molecule has 35 heavy (non-hydrogen) atoms. The molecule has 5 rings (SSSR count). The molecule has 1 fully saturated rings. The number of aromatic nitrogens is 1. The first-order valence-electron chi connectivity index (χ1n) is 12.2. The van der Waals surface area contributed by atoms with E-state index in [4.69, 9.17) is 15.1 Å². The Balaban J connectivity index is 1.45. The van der Waals surface area contributed by atoms with Gasteiger partial charge in [-0.15, -0.1) is 0 Å². The molecule has 1 saturated carbocycles. The van der Waals surface area contributed by atoms with Gasteiger partial charge in [0.2, 0.25) is 0 Å². The van der Waals surface area contributed by atoms with Crippen LogP contribution in [0, 0.1) is 5.41 Å². The third kappa shape index (κ3) is 4.26. The molecular formula is C27H32N4O4. The molecule has 0 amide bonds. The Hall–Kier alpha value is -3.42. The predicted octanol–water partition coefficient (Wildman–Crippen LogP) is 3.95. The van der Waals surface area contributed by atoms with Crippen molar-refractivity contribution in [2.75, 3.05) is 24.6 Å². The van der Waals surface area contributed by atoms with Crippen molar-refractivity contribution >= 4 is 23.3 Å². The number of carbonyl (C=O) groups excluding carboxylic acids is 1. The topological polar surface area (TPSA) is 107 Å². The monoisotopic (exact) mass is 476 g/mol. The number of carboxylic acids is 1. The van der Waals surface area contributed by atoms with Gasteiger partial charge in [-0.2, -0.15) is 0 Å². The van der Waals surface area contributed by atoms with E-state index in [9.17, 15) is 14.7 Å². The summed E-state index contributed by atoms with van der Waals surface area (Å²) in [4.78, 5) is 33.6. The SMILES string of the molecule is CC(C(=O)O)N1CCOc2c1cc(C(=O)CN1Cc3ccc(C4CC4)nc3C1=N)cc2C(C)(C)C. The summed E-state index contributed by atoms with van der Waals surface area (Å²) in [5.74, 6) is 0.398. The van der Waals surface area contributed by atoms with E-state index < -0.39 is 12.0 Å². The van der Waals surface area contributed by atoms with Crippen molar-refractivity contribution in [3.8, 4) is 5.75 Å². The Morgan fingerprint density at radius 3 is 2.66 bits per heavy atom. The zero-order valence-corrected chi connectivity index (χ0v) is 20.7. The lowest BCUT2D eigenvalue weighted by atomic mass is 9.84. The van der Waals surface area contributed by atoms with Crippen LogP contribution in [0.5, 0.6) is 5.75 Å². The number of amidine groups is 1. The number of Topliss-reactive ketones (excluding diaryl/α,β-unsaturated/α-hetero) is 1. The van der Waals surface area contributed by atoms with Gasteiger partial charge in [0.25, 0.3) is 0 Å². The molecule has 8 heteroatoms. The normalized spacial score (nSPS) is 18.1. The van der Waals surface area contributed by atoms with Crippen LogP contribution in [-0.4, -0.2) is 58.3 Å². The molecular weight excluding hydrogens is 444 g/mol. The van der Waals surface area contributed by atoms with E-state index >= 15 is 0 Å². The van der Waals surface area contributed by atoms with Gasteiger partial charge in [0.1, 0.15) is 29.9 Å². The highest BCUT2D eigenvalue weighted by Gasteiger charge is 2.34. The van der Waals surface area contributed by atoms with Gasteiger partial charge in [-0.1, -0.05) is 26.8 Å². The summed E-state index contributed by atoms with van der Waals surface area (Å²) in [7, 11) is 0. The summed E-state index contributed by atoms with van der Waals surface area (Å²) in [5.41, 5.74) is 4.39. The zero-order chi connectivity index (χ0) is 25.1. The second kappa shape index (κ2) is 8.36. The van der Waals surface area contributed by atoms with E-state index in [0.29, 0.717) is 48.3 Å². The maximum Gasteiger partial charge on any atom is 0.326 e. The summed E-state index contributed by atoms with van der Waals surface area (Å²) in [5, 5.41) is 18.3. The van der Waals surface area contributed by atoms with Crippen molar-refractivity contribution in [1.82, 2.24) is 9.88 Å². The van der Waals surface area contributed by atoms with Crippen LogP contribution in [0.4, 0.5) is 5.69 Å². The lowest BCUT2D eigenvalue weighted by Crippen LogP contribution is -2.44. The molecule has 1 atom stereocenters. The molecule has 8 nitrogen and oxygen atoms in total. The molecule has 184 valence electrons. The second-order valence-electron chi connectivity index (χ2n) is 10.8. The highest BCUT2D eigenvalue weighted by atomic mass is 16.5. The fraction of sp³-hybridized carbons (Fsp3) is 0.481. The molecule has 3 aliphatic rings. The Labute approximate surface area is 205 Å². The molecule has 1 aliphatic carbocycles. The van der Waals surface area contributed by atoms with Crippen LogP contribution in [0.2, 0.25) is 0 Å². The van der Waals surface area contributed by atoms with Crippen molar-refractivity contribution in [3.05, 3.63) is 52.3 Å². The highest BCUT2D eigenvalue weighted by Crippen LogP contribution is 2.43. The smallest absolute Gasteiger partial charge is 0.326 e. The number of anilines is 1. The van der Waals surface area contributed by atoms with E-state index in [2.05, 4.69) is 20.8 Å². The van der Waals surface area contributed by atoms with Gasteiger partial charge in [0.15, 0.2) is 5.78 Å². The molecule has 0 spiro atoms. The number of benzene rings is 1. The number of carbonyl (C=O) groups is 2. The van der Waals surface area contributed by atoms with Crippen molar-refractivity contribution in [1.29, 1.82) is 5.41 Å². The summed E-state index contributed by atoms with van der Waals surface area (Å²) in [6, 6.07) is 6.96. The number of hydrogen-bond acceptors (Lipinski definition) is 6. The lowest BCUT2D eigenvalue weighted by Gasteiger charge is -2.37. The molecule has 2 N–H and O–H groups in total. The second-order valence-corrected chi connectivity index (χ2v) is 10.8. The third-order valence-corrected chi connectivity index (χ3v) is 7.14. The summed E-state index contributed by atoms with van der Waals surface area (Å²) >= 11 is 0. The van der Waals surface area contributed by atoms with Crippen molar-refractivity contribution in [2.24, 2.45) is 0 Å². The van der Waals surface area contributed by atoms with E-state index in [-0.39, 0.29) is 23.6 Å². The number of pyridine rings is 1. The van der Waals surface area contributed by atoms with Gasteiger partial charge in [-0.05, 0) is 43.4 Å². The Morgan fingerprint density at radius 2 is 2.00 bits per heavy atom. The first-order chi connectivity index (χ1) is 16.5. The van der Waals surface area contributed by atoms with Crippen LogP contribution in [0.25, 0.3) is 0 Å². The summed E-state index contributed by atoms with van der Waals surface area (Å²) < 4.78 is 6.01. The number of nitrogens with zero attached hydrogens (tertiary/aromatic N) is 3. The standard InChI is InChI=1S/C27H32N4O4/c1-15(26(33)34)31-9-10-35-24-19(27(2,3)4)11-18(12-21(24)31)22(32)14-30-13-17-7-8-20(16-5-6-16)29-23(17)25(30)28/h7-8,11-12,15-16,28H,5-6,9-10,13-14H2,1-4H3,(H,33,34). The zero-order valence-electron chi connectivity index (χ0n) is 20.7. The Morgan fingerprint density at radius 1 is 1.26 bits per heavy atom. The van der Waals surface area contributed by atoms with Gasteiger partial charge in [-0.3, -0.25) is 10.2 Å². The largest absolute Gasteiger partial charge is 0.489 e. The van der Waals surface area contributed by atoms with Crippen LogP contribution in [-0.2, 0) is 16.8 Å². The molecule has 2 aromatic rings. The lowest BCUT2D eigenvalue weighted by molar-refractivity contribution is -0.138. The molecule has 2 aliphatic heterocycles. The van der Waals surface area contributed by atoms with E-state index in [1.807, 2.05) is 18.2 Å². The molecule has 0 radical (unpaired) electrons. The molecule has 1 aromatic carbocycles. The van der Waals surface area contributed by atoms with Gasteiger partial charge in [-0.25, -0.2) is 9.78 Å². The summed E-state index contributed by atoms with van der Waals surface area (Å²) in [6.07, 6.45) is 2.30. The number of nitrogens with one attached hydrogen (secondary N) is 1. The average Bonchev–Trinajstić information content (AvgIpc) is 3.62. The average molecular weight is 477 g/mol. The minimum Gasteiger partial charge on any atom is -0.489 e. The van der Waals surface area contributed by atoms with E-state index in [0.717, 1.165) is 29.7 Å². The fourth-order valence-corrected chi connectivity index (χ4v) is 4.87. The van der Waals surface area contributed by atoms with Crippen molar-refractivity contribution < 1.29 is 19.4 Å². The Kier molecular flexibility index (Phi) is 5.57. The first kappa shape index (κ1) is 23.3. The minimum absolute atomic E-state index is 0.0612.